The SMILES string of the molecule is NC(c1cccc2cnccc12)C1COCCO1. The van der Waals surface area contributed by atoms with Crippen molar-refractivity contribution in [2.75, 3.05) is 19.8 Å². The number of nitrogens with two attached hydrogens (primary N) is 1. The van der Waals surface area contributed by atoms with Crippen LogP contribution in [0.2, 0.25) is 0 Å². The molecule has 0 amide bonds. The summed E-state index contributed by atoms with van der Waals surface area (Å²) >= 11 is 0. The van der Waals surface area contributed by atoms with E-state index in [2.05, 4.69) is 4.98 Å². The van der Waals surface area contributed by atoms with Gasteiger partial charge in [0.2, 0.25) is 0 Å². The molecule has 2 unspecified atom stereocenters. The fourth-order valence-electron chi connectivity index (χ4n) is 2.35. The zero-order valence-electron chi connectivity index (χ0n) is 10.1. The van der Waals surface area contributed by atoms with Crippen LogP contribution in [0.4, 0.5) is 0 Å². The molecule has 18 heavy (non-hydrogen) atoms. The molecule has 2 aromatic rings. The van der Waals surface area contributed by atoms with Crippen molar-refractivity contribution in [3.63, 3.8) is 0 Å². The van der Waals surface area contributed by atoms with E-state index in [1.54, 1.807) is 6.20 Å². The third-order valence-corrected chi connectivity index (χ3v) is 3.32. The predicted molar refractivity (Wildman–Crippen MR) is 69.2 cm³/mol. The highest BCUT2D eigenvalue weighted by molar-refractivity contribution is 5.85. The quantitative estimate of drug-likeness (QED) is 0.872. The van der Waals surface area contributed by atoms with E-state index in [4.69, 9.17) is 15.2 Å². The van der Waals surface area contributed by atoms with Crippen molar-refractivity contribution < 1.29 is 9.47 Å². The van der Waals surface area contributed by atoms with Gasteiger partial charge < -0.3 is 15.2 Å². The summed E-state index contributed by atoms with van der Waals surface area (Å²) < 4.78 is 11.1. The molecule has 2 heterocycles. The molecule has 1 aromatic carbocycles. The lowest BCUT2D eigenvalue weighted by atomic mass is 9.97. The van der Waals surface area contributed by atoms with Gasteiger partial charge in [-0.15, -0.1) is 0 Å². The Balaban J connectivity index is 1.97. The van der Waals surface area contributed by atoms with Gasteiger partial charge in [0, 0.05) is 17.8 Å². The fraction of sp³-hybridized carbons (Fsp3) is 0.357. The van der Waals surface area contributed by atoms with E-state index in [1.807, 2.05) is 30.5 Å². The summed E-state index contributed by atoms with van der Waals surface area (Å²) in [5.74, 6) is 0. The van der Waals surface area contributed by atoms with Crippen LogP contribution in [0.25, 0.3) is 10.8 Å². The third kappa shape index (κ3) is 2.10. The molecule has 0 radical (unpaired) electrons. The van der Waals surface area contributed by atoms with Gasteiger partial charge in [-0.1, -0.05) is 18.2 Å². The maximum Gasteiger partial charge on any atom is 0.100 e. The molecule has 3 rings (SSSR count). The number of benzene rings is 1. The minimum atomic E-state index is -0.170. The maximum absolute atomic E-state index is 6.31. The van der Waals surface area contributed by atoms with Gasteiger partial charge in [0.15, 0.2) is 0 Å². The molecule has 1 aliphatic heterocycles. The van der Waals surface area contributed by atoms with E-state index < -0.39 is 0 Å². The number of hydrogen-bond donors (Lipinski definition) is 1. The van der Waals surface area contributed by atoms with Crippen LogP contribution in [0.5, 0.6) is 0 Å². The maximum atomic E-state index is 6.31. The van der Waals surface area contributed by atoms with Crippen LogP contribution in [-0.2, 0) is 9.47 Å². The Hall–Kier alpha value is -1.49. The minimum absolute atomic E-state index is 0.0717. The lowest BCUT2D eigenvalue weighted by Gasteiger charge is -2.28. The molecule has 1 saturated heterocycles. The Kier molecular flexibility index (Phi) is 3.23. The topological polar surface area (TPSA) is 57.4 Å². The lowest BCUT2D eigenvalue weighted by molar-refractivity contribution is -0.0974. The molecule has 1 aromatic heterocycles. The molecule has 1 aliphatic rings. The van der Waals surface area contributed by atoms with Crippen molar-refractivity contribution in [2.45, 2.75) is 12.1 Å². The van der Waals surface area contributed by atoms with Crippen molar-refractivity contribution in [1.29, 1.82) is 0 Å². The van der Waals surface area contributed by atoms with Crippen LogP contribution < -0.4 is 5.73 Å². The van der Waals surface area contributed by atoms with Crippen molar-refractivity contribution in [3.8, 4) is 0 Å². The first kappa shape index (κ1) is 11.6. The smallest absolute Gasteiger partial charge is 0.100 e. The van der Waals surface area contributed by atoms with Gasteiger partial charge in [-0.25, -0.2) is 0 Å². The molecule has 0 aliphatic carbocycles. The molecular formula is C14H16N2O2. The van der Waals surface area contributed by atoms with Gasteiger partial charge in [0.1, 0.15) is 6.10 Å². The second kappa shape index (κ2) is 5.02. The molecule has 0 bridgehead atoms. The molecule has 2 N–H and O–H groups in total. The third-order valence-electron chi connectivity index (χ3n) is 3.32. The summed E-state index contributed by atoms with van der Waals surface area (Å²) in [6, 6.07) is 7.91. The summed E-state index contributed by atoms with van der Waals surface area (Å²) in [7, 11) is 0. The average Bonchev–Trinajstić information content (AvgIpc) is 2.47. The predicted octanol–water partition coefficient (Wildman–Crippen LogP) is 1.65. The van der Waals surface area contributed by atoms with E-state index in [1.165, 1.54) is 0 Å². The monoisotopic (exact) mass is 244 g/mol. The van der Waals surface area contributed by atoms with Gasteiger partial charge >= 0.3 is 0 Å². The summed E-state index contributed by atoms with van der Waals surface area (Å²) in [6.07, 6.45) is 3.57. The van der Waals surface area contributed by atoms with Crippen molar-refractivity contribution >= 4 is 10.8 Å². The fourth-order valence-corrected chi connectivity index (χ4v) is 2.35. The zero-order valence-corrected chi connectivity index (χ0v) is 10.1. The molecule has 94 valence electrons. The summed E-state index contributed by atoms with van der Waals surface area (Å²) in [4.78, 5) is 4.13. The number of hydrogen-bond acceptors (Lipinski definition) is 4. The number of fused-ring (bicyclic) bond motifs is 1. The molecular weight excluding hydrogens is 228 g/mol. The number of nitrogens with zero attached hydrogens (tertiary/aromatic N) is 1. The van der Waals surface area contributed by atoms with Gasteiger partial charge in [-0.2, -0.15) is 0 Å². The lowest BCUT2D eigenvalue weighted by Crippen LogP contribution is -2.37. The highest BCUT2D eigenvalue weighted by Crippen LogP contribution is 2.26. The summed E-state index contributed by atoms with van der Waals surface area (Å²) in [5.41, 5.74) is 7.40. The Labute approximate surface area is 106 Å². The largest absolute Gasteiger partial charge is 0.376 e. The van der Waals surface area contributed by atoms with Gasteiger partial charge in [0.25, 0.3) is 0 Å². The van der Waals surface area contributed by atoms with Gasteiger partial charge in [-0.05, 0) is 17.0 Å². The number of pyridine rings is 1. The normalized spacial score (nSPS) is 21.9. The van der Waals surface area contributed by atoms with Crippen LogP contribution in [-0.4, -0.2) is 30.9 Å². The van der Waals surface area contributed by atoms with Crippen LogP contribution in [0.1, 0.15) is 11.6 Å². The van der Waals surface area contributed by atoms with Crippen LogP contribution >= 0.6 is 0 Å². The Bertz CT molecular complexity index is 533. The zero-order chi connectivity index (χ0) is 12.4. The first-order valence-corrected chi connectivity index (χ1v) is 6.14. The number of rotatable bonds is 2. The van der Waals surface area contributed by atoms with E-state index in [9.17, 15) is 0 Å². The molecule has 1 fully saturated rings. The first-order valence-electron chi connectivity index (χ1n) is 6.14. The van der Waals surface area contributed by atoms with Crippen LogP contribution in [0.15, 0.2) is 36.7 Å². The second-order valence-electron chi connectivity index (χ2n) is 4.45. The molecule has 4 heteroatoms. The minimum Gasteiger partial charge on any atom is -0.376 e. The second-order valence-corrected chi connectivity index (χ2v) is 4.45. The number of ether oxygens (including phenoxy) is 2. The average molecular weight is 244 g/mol. The standard InChI is InChI=1S/C14H16N2O2/c15-14(13-9-17-6-7-18-13)12-3-1-2-10-8-16-5-4-11(10)12/h1-5,8,13-14H,6-7,9,15H2. The van der Waals surface area contributed by atoms with Gasteiger partial charge in [0.05, 0.1) is 25.9 Å². The van der Waals surface area contributed by atoms with E-state index in [0.717, 1.165) is 16.3 Å². The summed E-state index contributed by atoms with van der Waals surface area (Å²) in [5, 5.41) is 2.23. The number of aromatic nitrogens is 1. The van der Waals surface area contributed by atoms with Gasteiger partial charge in [-0.3, -0.25) is 4.98 Å². The molecule has 0 saturated carbocycles. The first-order chi connectivity index (χ1) is 8.86. The van der Waals surface area contributed by atoms with E-state index in [0.29, 0.717) is 19.8 Å². The van der Waals surface area contributed by atoms with Crippen molar-refractivity contribution in [3.05, 3.63) is 42.2 Å². The molecule has 4 nitrogen and oxygen atoms in total. The van der Waals surface area contributed by atoms with E-state index >= 15 is 0 Å². The van der Waals surface area contributed by atoms with Crippen molar-refractivity contribution in [1.82, 2.24) is 4.98 Å². The molecule has 0 spiro atoms. The highest BCUT2D eigenvalue weighted by atomic mass is 16.6. The molecule has 2 atom stereocenters. The van der Waals surface area contributed by atoms with Crippen LogP contribution in [0, 0.1) is 0 Å². The summed E-state index contributed by atoms with van der Waals surface area (Å²) in [6.45, 7) is 1.83. The highest BCUT2D eigenvalue weighted by Gasteiger charge is 2.24. The van der Waals surface area contributed by atoms with E-state index in [-0.39, 0.29) is 12.1 Å². The van der Waals surface area contributed by atoms with Crippen molar-refractivity contribution in [2.24, 2.45) is 5.73 Å². The Morgan fingerprint density at radius 2 is 2.22 bits per heavy atom. The Morgan fingerprint density at radius 1 is 1.28 bits per heavy atom. The van der Waals surface area contributed by atoms with Crippen LogP contribution in [0.3, 0.4) is 0 Å². The Morgan fingerprint density at radius 3 is 3.06 bits per heavy atom.